The quantitative estimate of drug-likeness (QED) is 0.452. The van der Waals surface area contributed by atoms with Gasteiger partial charge >= 0.3 is 0 Å². The molecule has 0 aromatic heterocycles. The van der Waals surface area contributed by atoms with Crippen LogP contribution in [0.25, 0.3) is 0 Å². The fourth-order valence-corrected chi connectivity index (χ4v) is 4.61. The molecule has 1 unspecified atom stereocenters. The van der Waals surface area contributed by atoms with E-state index in [0.29, 0.717) is 24.6 Å². The van der Waals surface area contributed by atoms with Gasteiger partial charge in [0.2, 0.25) is 0 Å². The summed E-state index contributed by atoms with van der Waals surface area (Å²) in [7, 11) is -0.886. The summed E-state index contributed by atoms with van der Waals surface area (Å²) in [5.41, 5.74) is 3.69. The van der Waals surface area contributed by atoms with Crippen LogP contribution in [0, 0.1) is 0 Å². The third-order valence-corrected chi connectivity index (χ3v) is 6.50. The van der Waals surface area contributed by atoms with Gasteiger partial charge in [-0.15, -0.1) is 0 Å². The van der Waals surface area contributed by atoms with Gasteiger partial charge < -0.3 is 10.6 Å². The van der Waals surface area contributed by atoms with E-state index in [4.69, 9.17) is 0 Å². The molecule has 0 radical (unpaired) electrons. The highest BCUT2D eigenvalue weighted by atomic mass is 32.2. The number of benzene rings is 2. The summed E-state index contributed by atoms with van der Waals surface area (Å²) in [6.07, 6.45) is 2.65. The Kier molecular flexibility index (Phi) is 9.38. The highest BCUT2D eigenvalue weighted by Crippen LogP contribution is 2.13. The maximum Gasteiger partial charge on any atom is 0.191 e. The molecule has 2 aromatic carbocycles. The lowest BCUT2D eigenvalue weighted by atomic mass is 10.1. The fourth-order valence-electron chi connectivity index (χ4n) is 3.58. The highest BCUT2D eigenvalue weighted by Gasteiger charge is 2.11. The second-order valence-corrected chi connectivity index (χ2v) is 9.27. The lowest BCUT2D eigenvalue weighted by molar-refractivity contribution is 0.331. The predicted molar refractivity (Wildman–Crippen MR) is 127 cm³/mol. The van der Waals surface area contributed by atoms with E-state index in [0.717, 1.165) is 24.6 Å². The highest BCUT2D eigenvalue weighted by molar-refractivity contribution is 7.84. The first-order valence-corrected chi connectivity index (χ1v) is 12.4. The van der Waals surface area contributed by atoms with Crippen LogP contribution in [0.5, 0.6) is 0 Å². The fraction of sp³-hybridized carbons (Fsp3) is 0.458. The molecule has 3 rings (SSSR count). The minimum absolute atomic E-state index is 0.597. The Morgan fingerprint density at radius 3 is 2.37 bits per heavy atom. The van der Waals surface area contributed by atoms with Crippen molar-refractivity contribution < 1.29 is 4.21 Å². The number of guanidine groups is 1. The lowest BCUT2D eigenvalue weighted by Gasteiger charge is -2.14. The molecule has 1 aliphatic heterocycles. The van der Waals surface area contributed by atoms with Crippen molar-refractivity contribution in [2.75, 3.05) is 31.9 Å². The number of nitrogens with zero attached hydrogens (tertiary/aromatic N) is 2. The zero-order valence-corrected chi connectivity index (χ0v) is 18.8. The molecule has 0 aliphatic carbocycles. The van der Waals surface area contributed by atoms with Crippen molar-refractivity contribution in [2.24, 2.45) is 4.99 Å². The average Bonchev–Trinajstić information content (AvgIpc) is 3.27. The van der Waals surface area contributed by atoms with Crippen molar-refractivity contribution in [3.8, 4) is 0 Å². The van der Waals surface area contributed by atoms with Gasteiger partial charge in [-0.2, -0.15) is 0 Å². The summed E-state index contributed by atoms with van der Waals surface area (Å²) >= 11 is 0. The monoisotopic (exact) mass is 426 g/mol. The Morgan fingerprint density at radius 2 is 1.67 bits per heavy atom. The Morgan fingerprint density at radius 1 is 0.967 bits per heavy atom. The van der Waals surface area contributed by atoms with E-state index in [9.17, 15) is 4.21 Å². The van der Waals surface area contributed by atoms with Gasteiger partial charge in [-0.1, -0.05) is 54.6 Å². The molecular weight excluding hydrogens is 392 g/mol. The molecule has 5 nitrogen and oxygen atoms in total. The van der Waals surface area contributed by atoms with Crippen LogP contribution < -0.4 is 10.6 Å². The van der Waals surface area contributed by atoms with Gasteiger partial charge in [-0.3, -0.25) is 9.11 Å². The zero-order chi connectivity index (χ0) is 21.0. The van der Waals surface area contributed by atoms with Crippen molar-refractivity contribution >= 4 is 16.8 Å². The Hall–Kier alpha value is -2.18. The molecule has 30 heavy (non-hydrogen) atoms. The van der Waals surface area contributed by atoms with Gasteiger partial charge in [0.15, 0.2) is 5.96 Å². The number of rotatable bonds is 10. The number of likely N-dealkylation sites (tertiary alicyclic amines) is 1. The first kappa shape index (κ1) is 22.5. The summed E-state index contributed by atoms with van der Waals surface area (Å²) in [6.45, 7) is 7.62. The van der Waals surface area contributed by atoms with Gasteiger partial charge in [0, 0.05) is 41.9 Å². The maximum atomic E-state index is 12.3. The predicted octanol–water partition coefficient (Wildman–Crippen LogP) is 3.29. The van der Waals surface area contributed by atoms with Crippen molar-refractivity contribution in [3.63, 3.8) is 0 Å². The van der Waals surface area contributed by atoms with Crippen molar-refractivity contribution in [3.05, 3.63) is 71.3 Å². The summed E-state index contributed by atoms with van der Waals surface area (Å²) in [4.78, 5) is 7.20. The lowest BCUT2D eigenvalue weighted by Crippen LogP contribution is -2.39. The third kappa shape index (κ3) is 7.92. The van der Waals surface area contributed by atoms with Crippen molar-refractivity contribution in [2.45, 2.75) is 38.6 Å². The van der Waals surface area contributed by atoms with Crippen molar-refractivity contribution in [1.29, 1.82) is 0 Å². The number of hydrogen-bond donors (Lipinski definition) is 2. The van der Waals surface area contributed by atoms with Crippen LogP contribution in [0.3, 0.4) is 0 Å². The molecule has 0 amide bonds. The van der Waals surface area contributed by atoms with E-state index in [-0.39, 0.29) is 0 Å². The van der Waals surface area contributed by atoms with Crippen LogP contribution in [0.2, 0.25) is 0 Å². The number of aliphatic imine (C=N–C) groups is 1. The van der Waals surface area contributed by atoms with Crippen LogP contribution in [-0.4, -0.2) is 47.0 Å². The van der Waals surface area contributed by atoms with E-state index in [1.165, 1.54) is 37.1 Å². The molecule has 1 aliphatic rings. The molecule has 1 atom stereocenters. The molecule has 1 heterocycles. The van der Waals surface area contributed by atoms with Gasteiger partial charge in [0.1, 0.15) is 0 Å². The largest absolute Gasteiger partial charge is 0.357 e. The van der Waals surface area contributed by atoms with E-state index in [1.807, 2.05) is 30.3 Å². The minimum Gasteiger partial charge on any atom is -0.357 e. The smallest absolute Gasteiger partial charge is 0.191 e. The van der Waals surface area contributed by atoms with Crippen LogP contribution in [0.15, 0.2) is 59.6 Å². The Balaban J connectivity index is 1.43. The summed E-state index contributed by atoms with van der Waals surface area (Å²) in [5, 5.41) is 6.58. The molecule has 1 saturated heterocycles. The van der Waals surface area contributed by atoms with Gasteiger partial charge in [-0.25, -0.2) is 4.99 Å². The molecule has 2 aromatic rings. The van der Waals surface area contributed by atoms with E-state index in [1.54, 1.807) is 0 Å². The standard InChI is InChI=1S/C24H34N4OS/c1-2-25-24(26-14-17-30(29)20-23-8-4-3-5-9-23)27-18-21-10-12-22(13-11-21)19-28-15-6-7-16-28/h3-5,8-13H,2,6-7,14-20H2,1H3,(H2,25,26,27). The van der Waals surface area contributed by atoms with E-state index < -0.39 is 10.8 Å². The van der Waals surface area contributed by atoms with Crippen LogP contribution >= 0.6 is 0 Å². The molecule has 0 saturated carbocycles. The van der Waals surface area contributed by atoms with Crippen LogP contribution in [-0.2, 0) is 29.6 Å². The normalized spacial score (nSPS) is 15.8. The Labute approximate surface area is 183 Å². The Bertz CT molecular complexity index is 802. The molecule has 0 bridgehead atoms. The molecular formula is C24H34N4OS. The summed E-state index contributed by atoms with van der Waals surface area (Å²) in [5.74, 6) is 1.97. The van der Waals surface area contributed by atoms with E-state index in [2.05, 4.69) is 51.7 Å². The minimum atomic E-state index is -0.886. The first-order valence-electron chi connectivity index (χ1n) is 10.9. The summed E-state index contributed by atoms with van der Waals surface area (Å²) < 4.78 is 12.3. The van der Waals surface area contributed by atoms with Gasteiger partial charge in [-0.05, 0) is 49.5 Å². The summed E-state index contributed by atoms with van der Waals surface area (Å²) in [6, 6.07) is 18.8. The van der Waals surface area contributed by atoms with Crippen LogP contribution in [0.4, 0.5) is 0 Å². The van der Waals surface area contributed by atoms with Crippen molar-refractivity contribution in [1.82, 2.24) is 15.5 Å². The molecule has 2 N–H and O–H groups in total. The average molecular weight is 427 g/mol. The van der Waals surface area contributed by atoms with Crippen LogP contribution in [0.1, 0.15) is 36.5 Å². The number of hydrogen-bond acceptors (Lipinski definition) is 3. The van der Waals surface area contributed by atoms with Gasteiger partial charge in [0.25, 0.3) is 0 Å². The second kappa shape index (κ2) is 12.5. The first-order chi connectivity index (χ1) is 14.7. The molecule has 1 fully saturated rings. The third-order valence-electron chi connectivity index (χ3n) is 5.18. The van der Waals surface area contributed by atoms with Gasteiger partial charge in [0.05, 0.1) is 6.54 Å². The second-order valence-electron chi connectivity index (χ2n) is 7.70. The molecule has 162 valence electrons. The zero-order valence-electron chi connectivity index (χ0n) is 18.0. The maximum absolute atomic E-state index is 12.3. The molecule has 6 heteroatoms. The SMILES string of the molecule is CCNC(=NCc1ccc(CN2CCCC2)cc1)NCCS(=O)Cc1ccccc1. The molecule has 0 spiro atoms. The van der Waals surface area contributed by atoms with E-state index >= 15 is 0 Å². The topological polar surface area (TPSA) is 56.7 Å². The number of nitrogens with one attached hydrogen (secondary N) is 2.